The smallest absolute Gasteiger partial charge is 0.238 e. The number of rotatable bonds is 4. The van der Waals surface area contributed by atoms with Crippen molar-refractivity contribution in [2.24, 2.45) is 10.1 Å². The van der Waals surface area contributed by atoms with Gasteiger partial charge in [-0.1, -0.05) is 23.9 Å². The van der Waals surface area contributed by atoms with Crippen molar-refractivity contribution in [1.29, 1.82) is 0 Å². The lowest BCUT2D eigenvalue weighted by molar-refractivity contribution is 0.598. The number of hydrogen-bond donors (Lipinski definition) is 2. The Labute approximate surface area is 111 Å². The molecule has 98 valence electrons. The minimum absolute atomic E-state index is 0.148. The highest BCUT2D eigenvalue weighted by Gasteiger charge is 2.07. The van der Waals surface area contributed by atoms with Gasteiger partial charge >= 0.3 is 0 Å². The normalized spacial score (nSPS) is 15.5. The number of primary sulfonamides is 1. The predicted molar refractivity (Wildman–Crippen MR) is 74.3 cm³/mol. The molecule has 0 spiro atoms. The third-order valence-electron chi connectivity index (χ3n) is 2.53. The molecule has 0 aromatic heterocycles. The molecule has 1 aromatic carbocycles. The highest BCUT2D eigenvalue weighted by Crippen LogP contribution is 2.10. The molecule has 3 N–H and O–H groups in total. The average Bonchev–Trinajstić information content (AvgIpc) is 2.82. The summed E-state index contributed by atoms with van der Waals surface area (Å²) in [5.74, 6) is 1.05. The van der Waals surface area contributed by atoms with E-state index in [-0.39, 0.29) is 4.90 Å². The van der Waals surface area contributed by atoms with E-state index in [0.29, 0.717) is 0 Å². The number of nitrogens with one attached hydrogen (secondary N) is 1. The van der Waals surface area contributed by atoms with Crippen molar-refractivity contribution in [1.82, 2.24) is 5.32 Å². The molecule has 7 heteroatoms. The molecule has 0 aliphatic carbocycles. The van der Waals surface area contributed by atoms with Crippen LogP contribution in [0.1, 0.15) is 5.56 Å². The van der Waals surface area contributed by atoms with Crippen LogP contribution in [0.3, 0.4) is 0 Å². The molecular formula is C11H15N3O2S2. The Kier molecular flexibility index (Phi) is 4.26. The second kappa shape index (κ2) is 5.73. The summed E-state index contributed by atoms with van der Waals surface area (Å²) in [6.07, 6.45) is 0.824. The second-order valence-corrected chi connectivity index (χ2v) is 6.55. The standard InChI is InChI=1S/C11H15N3O2S2/c12-18(15,16)10-3-1-9(2-4-10)5-6-13-11-14-7-8-17-11/h1-4H,5-8H2,(H,13,14)(H2,12,15,16). The zero-order valence-corrected chi connectivity index (χ0v) is 11.4. The lowest BCUT2D eigenvalue weighted by atomic mass is 10.1. The van der Waals surface area contributed by atoms with Crippen LogP contribution in [0.4, 0.5) is 0 Å². The first-order chi connectivity index (χ1) is 8.55. The number of nitrogens with two attached hydrogens (primary N) is 1. The van der Waals surface area contributed by atoms with Crippen molar-refractivity contribution < 1.29 is 8.42 Å². The molecule has 0 atom stereocenters. The summed E-state index contributed by atoms with van der Waals surface area (Å²) in [5, 5.41) is 9.27. The van der Waals surface area contributed by atoms with Crippen LogP contribution in [0.25, 0.3) is 0 Å². The number of aliphatic imine (C=N–C) groups is 1. The quantitative estimate of drug-likeness (QED) is 0.847. The average molecular weight is 285 g/mol. The molecule has 0 bridgehead atoms. The fourth-order valence-corrected chi connectivity index (χ4v) is 2.88. The van der Waals surface area contributed by atoms with Crippen LogP contribution in [0.15, 0.2) is 34.2 Å². The summed E-state index contributed by atoms with van der Waals surface area (Å²) in [5.41, 5.74) is 1.07. The summed E-state index contributed by atoms with van der Waals surface area (Å²) < 4.78 is 22.2. The van der Waals surface area contributed by atoms with Gasteiger partial charge in [0.1, 0.15) is 0 Å². The van der Waals surface area contributed by atoms with Gasteiger partial charge in [0.15, 0.2) is 5.17 Å². The zero-order valence-electron chi connectivity index (χ0n) is 9.80. The Balaban J connectivity index is 1.86. The van der Waals surface area contributed by atoms with E-state index >= 15 is 0 Å². The van der Waals surface area contributed by atoms with Gasteiger partial charge < -0.3 is 5.32 Å². The van der Waals surface area contributed by atoms with E-state index in [2.05, 4.69) is 10.3 Å². The number of sulfonamides is 1. The van der Waals surface area contributed by atoms with Gasteiger partial charge in [0.05, 0.1) is 11.4 Å². The van der Waals surface area contributed by atoms with Crippen LogP contribution >= 0.6 is 11.8 Å². The Morgan fingerprint density at radius 1 is 1.33 bits per heavy atom. The number of hydrogen-bond acceptors (Lipinski definition) is 5. The molecule has 0 unspecified atom stereocenters. The molecule has 2 rings (SSSR count). The number of nitrogens with zero attached hydrogens (tertiary/aromatic N) is 1. The monoisotopic (exact) mass is 285 g/mol. The molecule has 0 saturated carbocycles. The van der Waals surface area contributed by atoms with Crippen LogP contribution in [-0.4, -0.2) is 32.4 Å². The van der Waals surface area contributed by atoms with Crippen LogP contribution < -0.4 is 10.5 Å². The zero-order chi connectivity index (χ0) is 13.0. The Bertz CT molecular complexity index is 538. The molecule has 1 aromatic rings. The minimum atomic E-state index is -3.59. The number of thioether (sulfide) groups is 1. The van der Waals surface area contributed by atoms with E-state index in [1.54, 1.807) is 23.9 Å². The third-order valence-corrected chi connectivity index (χ3v) is 4.39. The van der Waals surface area contributed by atoms with Crippen LogP contribution in [0.5, 0.6) is 0 Å². The van der Waals surface area contributed by atoms with Crippen molar-refractivity contribution in [3.63, 3.8) is 0 Å². The minimum Gasteiger partial charge on any atom is -0.365 e. The van der Waals surface area contributed by atoms with E-state index in [9.17, 15) is 8.42 Å². The molecule has 5 nitrogen and oxygen atoms in total. The highest BCUT2D eigenvalue weighted by atomic mass is 32.2. The van der Waals surface area contributed by atoms with Crippen LogP contribution in [0.2, 0.25) is 0 Å². The van der Waals surface area contributed by atoms with E-state index in [4.69, 9.17) is 5.14 Å². The lowest BCUT2D eigenvalue weighted by Gasteiger charge is -2.05. The van der Waals surface area contributed by atoms with Gasteiger partial charge in [0.2, 0.25) is 10.0 Å². The van der Waals surface area contributed by atoms with Crippen molar-refractivity contribution in [3.05, 3.63) is 29.8 Å². The van der Waals surface area contributed by atoms with E-state index < -0.39 is 10.0 Å². The Morgan fingerprint density at radius 2 is 2.06 bits per heavy atom. The van der Waals surface area contributed by atoms with Gasteiger partial charge in [0.25, 0.3) is 0 Å². The topological polar surface area (TPSA) is 84.5 Å². The van der Waals surface area contributed by atoms with E-state index in [0.717, 1.165) is 36.0 Å². The summed E-state index contributed by atoms with van der Waals surface area (Å²) in [7, 11) is -3.59. The van der Waals surface area contributed by atoms with Gasteiger partial charge in [0, 0.05) is 12.3 Å². The summed E-state index contributed by atoms with van der Waals surface area (Å²) in [6.45, 7) is 1.68. The van der Waals surface area contributed by atoms with Gasteiger partial charge in [-0.05, 0) is 24.1 Å². The fraction of sp³-hybridized carbons (Fsp3) is 0.364. The number of benzene rings is 1. The second-order valence-electron chi connectivity index (χ2n) is 3.90. The highest BCUT2D eigenvalue weighted by molar-refractivity contribution is 8.14. The molecule has 0 radical (unpaired) electrons. The van der Waals surface area contributed by atoms with Gasteiger partial charge in [-0.3, -0.25) is 4.99 Å². The Hall–Kier alpha value is -1.05. The van der Waals surface area contributed by atoms with Crippen LogP contribution in [0, 0.1) is 0 Å². The van der Waals surface area contributed by atoms with Crippen LogP contribution in [-0.2, 0) is 16.4 Å². The molecule has 1 aliphatic rings. The third kappa shape index (κ3) is 3.72. The summed E-state index contributed by atoms with van der Waals surface area (Å²) in [4.78, 5) is 4.43. The van der Waals surface area contributed by atoms with Crippen molar-refractivity contribution in [2.45, 2.75) is 11.3 Å². The van der Waals surface area contributed by atoms with E-state index in [1.807, 2.05) is 0 Å². The first kappa shape index (κ1) is 13.4. The molecular weight excluding hydrogens is 270 g/mol. The molecule has 0 fully saturated rings. The Morgan fingerprint density at radius 3 is 2.61 bits per heavy atom. The van der Waals surface area contributed by atoms with Gasteiger partial charge in [-0.25, -0.2) is 13.6 Å². The fourth-order valence-electron chi connectivity index (χ4n) is 1.60. The molecule has 0 saturated heterocycles. The summed E-state index contributed by atoms with van der Waals surface area (Å²) in [6, 6.07) is 6.63. The van der Waals surface area contributed by atoms with Crippen molar-refractivity contribution >= 4 is 27.0 Å². The largest absolute Gasteiger partial charge is 0.365 e. The first-order valence-corrected chi connectivity index (χ1v) is 8.12. The lowest BCUT2D eigenvalue weighted by Crippen LogP contribution is -2.21. The van der Waals surface area contributed by atoms with Gasteiger partial charge in [-0.15, -0.1) is 0 Å². The van der Waals surface area contributed by atoms with E-state index in [1.165, 1.54) is 12.1 Å². The van der Waals surface area contributed by atoms with Crippen molar-refractivity contribution in [3.8, 4) is 0 Å². The number of amidine groups is 1. The molecule has 1 heterocycles. The SMILES string of the molecule is NS(=O)(=O)c1ccc(CCNC2=NCCS2)cc1. The maximum atomic E-state index is 11.1. The molecule has 18 heavy (non-hydrogen) atoms. The predicted octanol–water partition coefficient (Wildman–Crippen LogP) is 0.569. The maximum Gasteiger partial charge on any atom is 0.238 e. The molecule has 1 aliphatic heterocycles. The first-order valence-electron chi connectivity index (χ1n) is 5.58. The molecule has 0 amide bonds. The van der Waals surface area contributed by atoms with Gasteiger partial charge in [-0.2, -0.15) is 0 Å². The summed E-state index contributed by atoms with van der Waals surface area (Å²) >= 11 is 1.73. The van der Waals surface area contributed by atoms with Crippen molar-refractivity contribution in [2.75, 3.05) is 18.8 Å². The maximum absolute atomic E-state index is 11.1.